The minimum absolute atomic E-state index is 0.0699. The molecule has 0 fully saturated rings. The van der Waals surface area contributed by atoms with E-state index in [2.05, 4.69) is 38.2 Å². The molecule has 0 aliphatic heterocycles. The van der Waals surface area contributed by atoms with Crippen molar-refractivity contribution in [3.05, 3.63) is 24.3 Å². The number of hydrogen-bond acceptors (Lipinski definition) is 3. The van der Waals surface area contributed by atoms with Crippen LogP contribution in [0.2, 0.25) is 0 Å². The summed E-state index contributed by atoms with van der Waals surface area (Å²) < 4.78 is 5.73. The number of carbonyl (C=O) groups is 2. The van der Waals surface area contributed by atoms with E-state index in [1.54, 1.807) is 0 Å². The van der Waals surface area contributed by atoms with E-state index in [9.17, 15) is 9.59 Å². The molecule has 4 nitrogen and oxygen atoms in total. The van der Waals surface area contributed by atoms with E-state index in [4.69, 9.17) is 9.84 Å². The van der Waals surface area contributed by atoms with Gasteiger partial charge in [-0.25, -0.2) is 0 Å². The molecule has 4 heteroatoms. The summed E-state index contributed by atoms with van der Waals surface area (Å²) in [6, 6.07) is 0. The zero-order valence-electron chi connectivity index (χ0n) is 29.5. The lowest BCUT2D eigenvalue weighted by Gasteiger charge is -2.17. The second kappa shape index (κ2) is 35.9. The fourth-order valence-electron chi connectivity index (χ4n) is 5.79. The van der Waals surface area contributed by atoms with Crippen molar-refractivity contribution in [3.8, 4) is 0 Å². The first kappa shape index (κ1) is 42.4. The van der Waals surface area contributed by atoms with Crippen LogP contribution in [0.5, 0.6) is 0 Å². The van der Waals surface area contributed by atoms with Gasteiger partial charge in [-0.3, -0.25) is 9.59 Å². The van der Waals surface area contributed by atoms with E-state index in [1.807, 2.05) is 0 Å². The third-order valence-electron chi connectivity index (χ3n) is 8.69. The van der Waals surface area contributed by atoms with Crippen molar-refractivity contribution in [2.75, 3.05) is 0 Å². The molecule has 0 saturated heterocycles. The molecular formula is C40H74O4. The first-order valence-electron chi connectivity index (χ1n) is 19.3. The van der Waals surface area contributed by atoms with Crippen LogP contribution in [0.1, 0.15) is 213 Å². The molecule has 0 heterocycles. The molecule has 258 valence electrons. The number of ether oxygens (including phenoxy) is 1. The van der Waals surface area contributed by atoms with Gasteiger partial charge in [0.15, 0.2) is 0 Å². The molecule has 1 atom stereocenters. The Hall–Kier alpha value is -1.58. The van der Waals surface area contributed by atoms with Crippen LogP contribution >= 0.6 is 0 Å². The second-order valence-electron chi connectivity index (χ2n) is 13.1. The predicted octanol–water partition coefficient (Wildman–Crippen LogP) is 13.2. The lowest BCUT2D eigenvalue weighted by atomic mass is 10.0. The Kier molecular flexibility index (Phi) is 34.6. The van der Waals surface area contributed by atoms with Gasteiger partial charge in [-0.15, -0.1) is 0 Å². The molecule has 0 saturated carbocycles. The monoisotopic (exact) mass is 619 g/mol. The fourth-order valence-corrected chi connectivity index (χ4v) is 5.79. The lowest BCUT2D eigenvalue weighted by Crippen LogP contribution is -2.19. The van der Waals surface area contributed by atoms with E-state index in [1.165, 1.54) is 128 Å². The summed E-state index contributed by atoms with van der Waals surface area (Å²) in [4.78, 5) is 23.5. The number of carbonyl (C=O) groups excluding carboxylic acids is 1. The number of aliphatic carboxylic acids is 1. The zero-order valence-corrected chi connectivity index (χ0v) is 29.5. The maximum absolute atomic E-state index is 12.4. The zero-order chi connectivity index (χ0) is 32.2. The van der Waals surface area contributed by atoms with Crippen molar-refractivity contribution in [3.63, 3.8) is 0 Å². The highest BCUT2D eigenvalue weighted by atomic mass is 16.5. The second-order valence-corrected chi connectivity index (χ2v) is 13.1. The van der Waals surface area contributed by atoms with E-state index in [0.29, 0.717) is 12.8 Å². The quantitative estimate of drug-likeness (QED) is 0.0436. The molecule has 0 aromatic carbocycles. The molecule has 44 heavy (non-hydrogen) atoms. The molecule has 0 aromatic heterocycles. The fraction of sp³-hybridized carbons (Fsp3) is 0.850. The lowest BCUT2D eigenvalue weighted by molar-refractivity contribution is -0.151. The van der Waals surface area contributed by atoms with Crippen LogP contribution in [0.3, 0.4) is 0 Å². The Morgan fingerprint density at radius 1 is 0.500 bits per heavy atom. The largest absolute Gasteiger partial charge is 0.481 e. The van der Waals surface area contributed by atoms with Crippen molar-refractivity contribution < 1.29 is 19.4 Å². The summed E-state index contributed by atoms with van der Waals surface area (Å²) >= 11 is 0. The Labute approximate surface area is 274 Å². The highest BCUT2D eigenvalue weighted by Gasteiger charge is 2.15. The third kappa shape index (κ3) is 34.9. The number of esters is 1. The van der Waals surface area contributed by atoms with Gasteiger partial charge < -0.3 is 9.84 Å². The Morgan fingerprint density at radius 3 is 1.41 bits per heavy atom. The maximum Gasteiger partial charge on any atom is 0.306 e. The van der Waals surface area contributed by atoms with Gasteiger partial charge in [0.05, 0.1) is 0 Å². The van der Waals surface area contributed by atoms with E-state index in [0.717, 1.165) is 51.4 Å². The van der Waals surface area contributed by atoms with Gasteiger partial charge in [0, 0.05) is 12.8 Å². The molecular weight excluding hydrogens is 544 g/mol. The summed E-state index contributed by atoms with van der Waals surface area (Å²) in [7, 11) is 0. The van der Waals surface area contributed by atoms with Crippen molar-refractivity contribution in [1.29, 1.82) is 0 Å². The topological polar surface area (TPSA) is 63.6 Å². The van der Waals surface area contributed by atoms with E-state index < -0.39 is 5.97 Å². The van der Waals surface area contributed by atoms with Gasteiger partial charge in [-0.05, 0) is 57.8 Å². The number of hydrogen-bond donors (Lipinski definition) is 1. The first-order chi connectivity index (χ1) is 21.6. The first-order valence-corrected chi connectivity index (χ1v) is 19.3. The average molecular weight is 619 g/mol. The van der Waals surface area contributed by atoms with Crippen molar-refractivity contribution in [2.24, 2.45) is 0 Å². The van der Waals surface area contributed by atoms with Crippen LogP contribution in [0, 0.1) is 0 Å². The van der Waals surface area contributed by atoms with Crippen LogP contribution in [0.4, 0.5) is 0 Å². The number of unbranched alkanes of at least 4 members (excludes halogenated alkanes) is 23. The van der Waals surface area contributed by atoms with Crippen LogP contribution in [-0.4, -0.2) is 23.1 Å². The SMILES string of the molecule is CCCCC/C=C\C/C=C\CCCCCCCC(=O)OC(CCCCCCCCCCCCCCCCCC)CCC(=O)O. The van der Waals surface area contributed by atoms with Gasteiger partial charge in [0.2, 0.25) is 0 Å². The number of carboxylic acids is 1. The van der Waals surface area contributed by atoms with Crippen LogP contribution < -0.4 is 0 Å². The van der Waals surface area contributed by atoms with E-state index in [-0.39, 0.29) is 18.5 Å². The van der Waals surface area contributed by atoms with Gasteiger partial charge in [-0.1, -0.05) is 167 Å². The maximum atomic E-state index is 12.4. The van der Waals surface area contributed by atoms with Crippen molar-refractivity contribution in [1.82, 2.24) is 0 Å². The standard InChI is InChI=1S/C40H74O4/c1-3-5-7-9-11-13-15-17-19-21-22-24-26-28-30-32-34-38(36-37-39(41)42)44-40(43)35-33-31-29-27-25-23-20-18-16-14-12-10-8-6-4-2/h12,14,18,20,38H,3-11,13,15-17,19,21-37H2,1-2H3,(H,41,42)/b14-12-,20-18-. The highest BCUT2D eigenvalue weighted by molar-refractivity contribution is 5.69. The van der Waals surface area contributed by atoms with Gasteiger partial charge in [-0.2, -0.15) is 0 Å². The Balaban J connectivity index is 3.75. The van der Waals surface area contributed by atoms with Gasteiger partial charge in [0.1, 0.15) is 6.10 Å². The van der Waals surface area contributed by atoms with Gasteiger partial charge in [0.25, 0.3) is 0 Å². The predicted molar refractivity (Wildman–Crippen MR) is 190 cm³/mol. The number of rotatable bonds is 35. The highest BCUT2D eigenvalue weighted by Crippen LogP contribution is 2.18. The molecule has 0 aliphatic carbocycles. The minimum Gasteiger partial charge on any atom is -0.481 e. The number of allylic oxidation sites excluding steroid dienone is 4. The molecule has 0 spiro atoms. The number of carboxylic acid groups (broad SMARTS) is 1. The van der Waals surface area contributed by atoms with E-state index >= 15 is 0 Å². The summed E-state index contributed by atoms with van der Waals surface area (Å²) in [6.45, 7) is 4.52. The Morgan fingerprint density at radius 2 is 0.909 bits per heavy atom. The summed E-state index contributed by atoms with van der Waals surface area (Å²) in [5.74, 6) is -0.964. The van der Waals surface area contributed by atoms with Crippen LogP contribution in [0.25, 0.3) is 0 Å². The average Bonchev–Trinajstić information content (AvgIpc) is 3.01. The normalized spacial score (nSPS) is 12.4. The molecule has 1 N–H and O–H groups in total. The van der Waals surface area contributed by atoms with Crippen molar-refractivity contribution in [2.45, 2.75) is 219 Å². The summed E-state index contributed by atoms with van der Waals surface area (Å²) in [5, 5.41) is 9.11. The molecule has 0 radical (unpaired) electrons. The minimum atomic E-state index is -0.813. The molecule has 1 unspecified atom stereocenters. The van der Waals surface area contributed by atoms with Crippen molar-refractivity contribution >= 4 is 11.9 Å². The molecule has 0 bridgehead atoms. The summed E-state index contributed by atoms with van der Waals surface area (Å²) in [5.41, 5.74) is 0. The van der Waals surface area contributed by atoms with Crippen LogP contribution in [0.15, 0.2) is 24.3 Å². The summed E-state index contributed by atoms with van der Waals surface area (Å²) in [6.07, 6.45) is 44.8. The molecule has 0 aromatic rings. The van der Waals surface area contributed by atoms with Crippen LogP contribution in [-0.2, 0) is 14.3 Å². The molecule has 0 rings (SSSR count). The third-order valence-corrected chi connectivity index (χ3v) is 8.69. The van der Waals surface area contributed by atoms with Gasteiger partial charge >= 0.3 is 11.9 Å². The Bertz CT molecular complexity index is 668. The smallest absolute Gasteiger partial charge is 0.306 e. The molecule has 0 aliphatic rings. The molecule has 0 amide bonds.